The lowest BCUT2D eigenvalue weighted by molar-refractivity contribution is -0.135. The maximum Gasteiger partial charge on any atom is 0.237 e. The van der Waals surface area contributed by atoms with Gasteiger partial charge in [-0.1, -0.05) is 0 Å². The summed E-state index contributed by atoms with van der Waals surface area (Å²) in [5, 5.41) is 9.92. The summed E-state index contributed by atoms with van der Waals surface area (Å²) in [4.78, 5) is 16.2. The van der Waals surface area contributed by atoms with Crippen molar-refractivity contribution in [2.75, 3.05) is 37.7 Å². The van der Waals surface area contributed by atoms with Gasteiger partial charge in [0.25, 0.3) is 0 Å². The van der Waals surface area contributed by atoms with E-state index in [1.54, 1.807) is 4.90 Å². The molecule has 2 heterocycles. The Kier molecular flexibility index (Phi) is 4.95. The summed E-state index contributed by atoms with van der Waals surface area (Å²) in [6.45, 7) is 6.00. The fourth-order valence-electron chi connectivity index (χ4n) is 3.13. The molecule has 1 N–H and O–H groups in total. The average molecular weight is 318 g/mol. The maximum absolute atomic E-state index is 12.4. The SMILES string of the molecule is CCN(C(=O)CN1CCC(C)(O)CC1)C1CCS(=O)(=O)C1. The number of nitrogens with zero attached hydrogens (tertiary/aromatic N) is 2. The van der Waals surface area contributed by atoms with Crippen LogP contribution in [-0.4, -0.2) is 78.6 Å². The minimum Gasteiger partial charge on any atom is -0.390 e. The number of amides is 1. The second-order valence-electron chi connectivity index (χ2n) is 6.51. The van der Waals surface area contributed by atoms with Gasteiger partial charge in [-0.25, -0.2) is 8.42 Å². The smallest absolute Gasteiger partial charge is 0.237 e. The first-order valence-corrected chi connectivity index (χ1v) is 9.49. The van der Waals surface area contributed by atoms with Crippen molar-refractivity contribution in [1.82, 2.24) is 9.80 Å². The second kappa shape index (κ2) is 6.22. The molecule has 1 unspecified atom stereocenters. The zero-order valence-corrected chi connectivity index (χ0v) is 13.7. The number of aliphatic hydroxyl groups is 1. The van der Waals surface area contributed by atoms with Crippen LogP contribution in [0.5, 0.6) is 0 Å². The van der Waals surface area contributed by atoms with Gasteiger partial charge in [0.05, 0.1) is 23.7 Å². The Morgan fingerprint density at radius 2 is 2.00 bits per heavy atom. The highest BCUT2D eigenvalue weighted by Gasteiger charge is 2.35. The minimum absolute atomic E-state index is 0.00106. The van der Waals surface area contributed by atoms with E-state index >= 15 is 0 Å². The summed E-state index contributed by atoms with van der Waals surface area (Å²) < 4.78 is 23.1. The van der Waals surface area contributed by atoms with Gasteiger partial charge in [-0.2, -0.15) is 0 Å². The number of rotatable bonds is 4. The number of piperidine rings is 1. The van der Waals surface area contributed by atoms with Gasteiger partial charge in [0, 0.05) is 25.7 Å². The van der Waals surface area contributed by atoms with Gasteiger partial charge in [0.2, 0.25) is 5.91 Å². The molecule has 0 aromatic carbocycles. The van der Waals surface area contributed by atoms with Crippen molar-refractivity contribution in [2.45, 2.75) is 44.8 Å². The molecule has 0 aliphatic carbocycles. The van der Waals surface area contributed by atoms with Crippen LogP contribution in [0.2, 0.25) is 0 Å². The highest BCUT2D eigenvalue weighted by molar-refractivity contribution is 7.91. The number of sulfone groups is 1. The van der Waals surface area contributed by atoms with E-state index in [1.807, 2.05) is 18.7 Å². The highest BCUT2D eigenvalue weighted by atomic mass is 32.2. The summed E-state index contributed by atoms with van der Waals surface area (Å²) in [5.74, 6) is 0.288. The number of likely N-dealkylation sites (tertiary alicyclic amines) is 1. The van der Waals surface area contributed by atoms with E-state index in [0.29, 0.717) is 45.4 Å². The van der Waals surface area contributed by atoms with Crippen LogP contribution in [0, 0.1) is 0 Å². The summed E-state index contributed by atoms with van der Waals surface area (Å²) in [6, 6.07) is -0.166. The molecule has 0 bridgehead atoms. The molecule has 1 atom stereocenters. The first kappa shape index (κ1) is 16.7. The molecule has 21 heavy (non-hydrogen) atoms. The van der Waals surface area contributed by atoms with Gasteiger partial charge in [0.1, 0.15) is 0 Å². The van der Waals surface area contributed by atoms with Crippen molar-refractivity contribution in [3.05, 3.63) is 0 Å². The van der Waals surface area contributed by atoms with Crippen LogP contribution in [0.1, 0.15) is 33.1 Å². The molecule has 6 nitrogen and oxygen atoms in total. The van der Waals surface area contributed by atoms with Gasteiger partial charge in [-0.3, -0.25) is 9.69 Å². The molecule has 2 aliphatic heterocycles. The molecule has 2 rings (SSSR count). The van der Waals surface area contributed by atoms with E-state index in [1.165, 1.54) is 0 Å². The molecular formula is C14H26N2O4S. The molecule has 2 saturated heterocycles. The fourth-order valence-corrected chi connectivity index (χ4v) is 4.87. The topological polar surface area (TPSA) is 77.9 Å². The Morgan fingerprint density at radius 1 is 1.38 bits per heavy atom. The molecule has 7 heteroatoms. The van der Waals surface area contributed by atoms with E-state index in [9.17, 15) is 18.3 Å². The van der Waals surface area contributed by atoms with Gasteiger partial charge in [-0.05, 0) is 33.1 Å². The van der Waals surface area contributed by atoms with Crippen molar-refractivity contribution in [1.29, 1.82) is 0 Å². The van der Waals surface area contributed by atoms with E-state index in [4.69, 9.17) is 0 Å². The Bertz CT molecular complexity index is 479. The van der Waals surface area contributed by atoms with E-state index in [2.05, 4.69) is 0 Å². The summed E-state index contributed by atoms with van der Waals surface area (Å²) >= 11 is 0. The first-order valence-electron chi connectivity index (χ1n) is 7.67. The molecule has 1 amide bonds. The molecule has 0 aromatic heterocycles. The van der Waals surface area contributed by atoms with Crippen LogP contribution in [0.4, 0.5) is 0 Å². The van der Waals surface area contributed by atoms with Gasteiger partial charge >= 0.3 is 0 Å². The minimum atomic E-state index is -2.97. The van der Waals surface area contributed by atoms with Crippen LogP contribution >= 0.6 is 0 Å². The van der Waals surface area contributed by atoms with E-state index < -0.39 is 15.4 Å². The zero-order chi connectivity index (χ0) is 15.7. The molecule has 2 fully saturated rings. The Balaban J connectivity index is 1.89. The third kappa shape index (κ3) is 4.40. The maximum atomic E-state index is 12.4. The largest absolute Gasteiger partial charge is 0.390 e. The average Bonchev–Trinajstić information content (AvgIpc) is 2.73. The predicted octanol–water partition coefficient (Wildman–Crippen LogP) is -0.131. The fraction of sp³-hybridized carbons (Fsp3) is 0.929. The molecule has 0 aromatic rings. The number of hydrogen-bond donors (Lipinski definition) is 1. The van der Waals surface area contributed by atoms with Gasteiger partial charge in [-0.15, -0.1) is 0 Å². The summed E-state index contributed by atoms with van der Waals surface area (Å²) in [6.07, 6.45) is 1.89. The van der Waals surface area contributed by atoms with Crippen LogP contribution in [0.25, 0.3) is 0 Å². The molecule has 122 valence electrons. The molecule has 0 spiro atoms. The third-order valence-electron chi connectivity index (χ3n) is 4.60. The van der Waals surface area contributed by atoms with Crippen molar-refractivity contribution in [3.8, 4) is 0 Å². The van der Waals surface area contributed by atoms with Gasteiger partial charge in [0.15, 0.2) is 9.84 Å². The lowest BCUT2D eigenvalue weighted by atomic mass is 9.94. The van der Waals surface area contributed by atoms with E-state index in [0.717, 1.165) is 0 Å². The molecule has 2 aliphatic rings. The Labute approximate surface area is 127 Å². The third-order valence-corrected chi connectivity index (χ3v) is 6.35. The summed E-state index contributed by atoms with van der Waals surface area (Å²) in [7, 11) is -2.97. The number of hydrogen-bond acceptors (Lipinski definition) is 5. The Hall–Kier alpha value is -0.660. The zero-order valence-electron chi connectivity index (χ0n) is 12.9. The van der Waals surface area contributed by atoms with Crippen molar-refractivity contribution in [3.63, 3.8) is 0 Å². The van der Waals surface area contributed by atoms with Crippen molar-refractivity contribution < 1.29 is 18.3 Å². The standard InChI is InChI=1S/C14H26N2O4S/c1-3-16(12-4-9-21(19,20)11-12)13(17)10-15-7-5-14(2,18)6-8-15/h12,18H,3-11H2,1-2H3. The lowest BCUT2D eigenvalue weighted by Gasteiger charge is -2.37. The first-order chi connectivity index (χ1) is 9.72. The number of carbonyl (C=O) groups is 1. The van der Waals surface area contributed by atoms with E-state index in [-0.39, 0.29) is 23.5 Å². The van der Waals surface area contributed by atoms with Crippen LogP contribution in [0.15, 0.2) is 0 Å². The molecule has 0 saturated carbocycles. The highest BCUT2D eigenvalue weighted by Crippen LogP contribution is 2.22. The Morgan fingerprint density at radius 3 is 2.48 bits per heavy atom. The second-order valence-corrected chi connectivity index (χ2v) is 8.74. The number of likely N-dealkylation sites (N-methyl/N-ethyl adjacent to an activating group) is 1. The number of carbonyl (C=O) groups excluding carboxylic acids is 1. The predicted molar refractivity (Wildman–Crippen MR) is 80.7 cm³/mol. The lowest BCUT2D eigenvalue weighted by Crippen LogP contribution is -2.49. The van der Waals surface area contributed by atoms with Crippen LogP contribution in [0.3, 0.4) is 0 Å². The monoisotopic (exact) mass is 318 g/mol. The van der Waals surface area contributed by atoms with Gasteiger partial charge < -0.3 is 10.0 Å². The normalized spacial score (nSPS) is 28.4. The van der Waals surface area contributed by atoms with Crippen LogP contribution < -0.4 is 0 Å². The van der Waals surface area contributed by atoms with Crippen LogP contribution in [-0.2, 0) is 14.6 Å². The molecular weight excluding hydrogens is 292 g/mol. The quantitative estimate of drug-likeness (QED) is 0.781. The van der Waals surface area contributed by atoms with Crippen molar-refractivity contribution >= 4 is 15.7 Å². The summed E-state index contributed by atoms with van der Waals surface area (Å²) in [5.41, 5.74) is -0.622. The molecule has 0 radical (unpaired) electrons. The van der Waals surface area contributed by atoms with Crippen molar-refractivity contribution in [2.24, 2.45) is 0 Å².